The van der Waals surface area contributed by atoms with Crippen molar-refractivity contribution in [1.82, 2.24) is 0 Å². The minimum Gasteiger partial charge on any atom is -0.478 e. The first-order chi connectivity index (χ1) is 9.66. The van der Waals surface area contributed by atoms with E-state index in [-0.39, 0.29) is 0 Å². The molecule has 0 aliphatic rings. The normalized spacial score (nSPS) is 10.4. The van der Waals surface area contributed by atoms with Crippen LogP contribution in [0.3, 0.4) is 0 Å². The number of halogens is 1. The molecule has 0 spiro atoms. The van der Waals surface area contributed by atoms with Gasteiger partial charge in [-0.15, -0.1) is 23.5 Å². The van der Waals surface area contributed by atoms with E-state index in [1.807, 2.05) is 24.3 Å². The molecule has 0 saturated heterocycles. The molecule has 1 N–H and O–H groups in total. The van der Waals surface area contributed by atoms with Gasteiger partial charge in [-0.3, -0.25) is 0 Å². The van der Waals surface area contributed by atoms with Crippen molar-refractivity contribution in [3.63, 3.8) is 0 Å². The van der Waals surface area contributed by atoms with Crippen molar-refractivity contribution in [2.24, 2.45) is 0 Å². The maximum absolute atomic E-state index is 11.2. The van der Waals surface area contributed by atoms with E-state index >= 15 is 0 Å². The highest BCUT2D eigenvalue weighted by Crippen LogP contribution is 2.28. The SMILES string of the molecule is O=C(O)c1ccc(Br)cc1SCCSc1ccccc1. The Balaban J connectivity index is 1.91. The minimum absolute atomic E-state index is 0.364. The number of rotatable bonds is 6. The van der Waals surface area contributed by atoms with Crippen LogP contribution >= 0.6 is 39.5 Å². The minimum atomic E-state index is -0.879. The average Bonchev–Trinajstić information content (AvgIpc) is 2.44. The lowest BCUT2D eigenvalue weighted by molar-refractivity contribution is 0.0693. The van der Waals surface area contributed by atoms with Gasteiger partial charge in [0.05, 0.1) is 5.56 Å². The lowest BCUT2D eigenvalue weighted by atomic mass is 10.2. The average molecular weight is 369 g/mol. The molecule has 104 valence electrons. The highest BCUT2D eigenvalue weighted by molar-refractivity contribution is 9.10. The summed E-state index contributed by atoms with van der Waals surface area (Å²) in [5.41, 5.74) is 0.364. The summed E-state index contributed by atoms with van der Waals surface area (Å²) in [4.78, 5) is 13.2. The fourth-order valence-electron chi connectivity index (χ4n) is 1.62. The van der Waals surface area contributed by atoms with E-state index in [1.54, 1.807) is 35.7 Å². The summed E-state index contributed by atoms with van der Waals surface area (Å²) in [6.45, 7) is 0. The Hall–Kier alpha value is -0.910. The quantitative estimate of drug-likeness (QED) is 0.572. The van der Waals surface area contributed by atoms with Gasteiger partial charge in [0.1, 0.15) is 0 Å². The van der Waals surface area contributed by atoms with Gasteiger partial charge in [0.25, 0.3) is 0 Å². The zero-order valence-electron chi connectivity index (χ0n) is 10.6. The van der Waals surface area contributed by atoms with Crippen molar-refractivity contribution in [2.45, 2.75) is 9.79 Å². The van der Waals surface area contributed by atoms with E-state index in [0.29, 0.717) is 5.56 Å². The summed E-state index contributed by atoms with van der Waals surface area (Å²) in [7, 11) is 0. The van der Waals surface area contributed by atoms with Crippen LogP contribution in [0.15, 0.2) is 62.8 Å². The largest absolute Gasteiger partial charge is 0.478 e. The topological polar surface area (TPSA) is 37.3 Å². The highest BCUT2D eigenvalue weighted by atomic mass is 79.9. The van der Waals surface area contributed by atoms with Crippen LogP contribution in [0.2, 0.25) is 0 Å². The number of hydrogen-bond acceptors (Lipinski definition) is 3. The van der Waals surface area contributed by atoms with E-state index in [2.05, 4.69) is 28.1 Å². The lowest BCUT2D eigenvalue weighted by Crippen LogP contribution is -1.99. The molecule has 2 rings (SSSR count). The van der Waals surface area contributed by atoms with Gasteiger partial charge in [-0.05, 0) is 30.3 Å². The number of benzene rings is 2. The van der Waals surface area contributed by atoms with Crippen LogP contribution in [0.1, 0.15) is 10.4 Å². The van der Waals surface area contributed by atoms with E-state index in [9.17, 15) is 4.79 Å². The molecule has 0 aliphatic carbocycles. The van der Waals surface area contributed by atoms with Gasteiger partial charge in [0.2, 0.25) is 0 Å². The molecule has 0 radical (unpaired) electrons. The molecular formula is C15H13BrO2S2. The fourth-order valence-corrected chi connectivity index (χ4v) is 4.13. The van der Waals surface area contributed by atoms with E-state index in [1.165, 1.54) is 4.90 Å². The smallest absolute Gasteiger partial charge is 0.336 e. The number of carboxylic acid groups (broad SMARTS) is 1. The number of thioether (sulfide) groups is 2. The highest BCUT2D eigenvalue weighted by Gasteiger charge is 2.10. The third kappa shape index (κ3) is 4.58. The Labute approximate surface area is 135 Å². The molecule has 0 atom stereocenters. The standard InChI is InChI=1S/C15H13BrO2S2/c16-11-6-7-13(15(17)18)14(10-11)20-9-8-19-12-4-2-1-3-5-12/h1-7,10H,8-9H2,(H,17,18). The van der Waals surface area contributed by atoms with Crippen LogP contribution in [0, 0.1) is 0 Å². The molecule has 2 nitrogen and oxygen atoms in total. The van der Waals surface area contributed by atoms with Crippen molar-refractivity contribution in [2.75, 3.05) is 11.5 Å². The van der Waals surface area contributed by atoms with Gasteiger partial charge < -0.3 is 5.11 Å². The zero-order valence-corrected chi connectivity index (χ0v) is 13.8. The van der Waals surface area contributed by atoms with Gasteiger partial charge in [-0.2, -0.15) is 0 Å². The molecule has 20 heavy (non-hydrogen) atoms. The van der Waals surface area contributed by atoms with E-state index in [0.717, 1.165) is 20.9 Å². The third-order valence-corrected chi connectivity index (χ3v) is 5.35. The van der Waals surface area contributed by atoms with Gasteiger partial charge in [-0.1, -0.05) is 34.1 Å². The lowest BCUT2D eigenvalue weighted by Gasteiger charge is -2.06. The predicted octanol–water partition coefficient (Wildman–Crippen LogP) is 5.03. The fraction of sp³-hybridized carbons (Fsp3) is 0.133. The van der Waals surface area contributed by atoms with Crippen LogP contribution in [0.5, 0.6) is 0 Å². The first kappa shape index (κ1) is 15.5. The summed E-state index contributed by atoms with van der Waals surface area (Å²) in [6, 6.07) is 15.5. The molecule has 0 amide bonds. The van der Waals surface area contributed by atoms with Gasteiger partial charge in [0.15, 0.2) is 0 Å². The predicted molar refractivity (Wildman–Crippen MR) is 89.0 cm³/mol. The molecule has 0 fully saturated rings. The maximum atomic E-state index is 11.2. The van der Waals surface area contributed by atoms with Crippen LogP contribution in [0.4, 0.5) is 0 Å². The maximum Gasteiger partial charge on any atom is 0.336 e. The Morgan fingerprint density at radius 3 is 2.45 bits per heavy atom. The van der Waals surface area contributed by atoms with Gasteiger partial charge in [0, 0.05) is 25.8 Å². The first-order valence-corrected chi connectivity index (χ1v) is 8.77. The van der Waals surface area contributed by atoms with Crippen LogP contribution in [-0.2, 0) is 0 Å². The monoisotopic (exact) mass is 368 g/mol. The number of hydrogen-bond donors (Lipinski definition) is 1. The van der Waals surface area contributed by atoms with E-state index < -0.39 is 5.97 Å². The summed E-state index contributed by atoms with van der Waals surface area (Å²) in [5, 5.41) is 9.16. The second kappa shape index (κ2) is 7.76. The molecule has 2 aromatic carbocycles. The third-order valence-electron chi connectivity index (χ3n) is 2.53. The first-order valence-electron chi connectivity index (χ1n) is 6.00. The molecule has 0 heterocycles. The number of carbonyl (C=O) groups is 1. The Kier molecular flexibility index (Phi) is 6.01. The number of aromatic carboxylic acids is 1. The van der Waals surface area contributed by atoms with Crippen molar-refractivity contribution in [3.8, 4) is 0 Å². The Morgan fingerprint density at radius 2 is 1.75 bits per heavy atom. The summed E-state index contributed by atoms with van der Waals surface area (Å²) in [5.74, 6) is 0.937. The summed E-state index contributed by atoms with van der Waals surface area (Å²) < 4.78 is 0.903. The molecule has 0 saturated carbocycles. The zero-order chi connectivity index (χ0) is 14.4. The van der Waals surface area contributed by atoms with Gasteiger partial charge in [-0.25, -0.2) is 4.79 Å². The molecule has 2 aromatic rings. The molecule has 5 heteroatoms. The second-order valence-corrected chi connectivity index (χ2v) is 7.18. The Bertz CT molecular complexity index is 588. The van der Waals surface area contributed by atoms with Gasteiger partial charge >= 0.3 is 5.97 Å². The second-order valence-electron chi connectivity index (χ2n) is 3.96. The van der Waals surface area contributed by atoms with Crippen LogP contribution in [0.25, 0.3) is 0 Å². The number of carboxylic acids is 1. The van der Waals surface area contributed by atoms with Crippen molar-refractivity contribution in [1.29, 1.82) is 0 Å². The molecule has 0 aliphatic heterocycles. The van der Waals surface area contributed by atoms with Crippen molar-refractivity contribution in [3.05, 3.63) is 58.6 Å². The van der Waals surface area contributed by atoms with Crippen LogP contribution < -0.4 is 0 Å². The Morgan fingerprint density at radius 1 is 1.05 bits per heavy atom. The summed E-state index contributed by atoms with van der Waals surface area (Å²) in [6.07, 6.45) is 0. The molecule has 0 bridgehead atoms. The molecule has 0 unspecified atom stereocenters. The molecule has 0 aromatic heterocycles. The van der Waals surface area contributed by atoms with Crippen molar-refractivity contribution >= 4 is 45.4 Å². The van der Waals surface area contributed by atoms with Crippen LogP contribution in [-0.4, -0.2) is 22.6 Å². The molecular weight excluding hydrogens is 356 g/mol. The van der Waals surface area contributed by atoms with Crippen molar-refractivity contribution < 1.29 is 9.90 Å². The van der Waals surface area contributed by atoms with E-state index in [4.69, 9.17) is 5.11 Å². The summed E-state index contributed by atoms with van der Waals surface area (Å²) >= 11 is 6.73.